The minimum atomic E-state index is -0.279. The van der Waals surface area contributed by atoms with Crippen LogP contribution in [0.2, 0.25) is 0 Å². The minimum absolute atomic E-state index is 0.0517. The highest BCUT2D eigenvalue weighted by Gasteiger charge is 2.18. The number of likely N-dealkylation sites (N-methyl/N-ethyl adjacent to an activating group) is 1. The van der Waals surface area contributed by atoms with Crippen molar-refractivity contribution in [1.29, 1.82) is 0 Å². The SMILES string of the molecule is Cc1ccc(OCCN(C)C(C)C(=O)Nc2cccc3ncccc23)cc1. The van der Waals surface area contributed by atoms with Gasteiger partial charge in [0, 0.05) is 18.1 Å². The molecule has 0 radical (unpaired) electrons. The zero-order valence-electron chi connectivity index (χ0n) is 16.0. The van der Waals surface area contributed by atoms with Gasteiger partial charge in [-0.05, 0) is 57.3 Å². The van der Waals surface area contributed by atoms with Gasteiger partial charge in [-0.2, -0.15) is 0 Å². The lowest BCUT2D eigenvalue weighted by atomic mass is 10.1. The van der Waals surface area contributed by atoms with Gasteiger partial charge in [0.05, 0.1) is 17.2 Å². The van der Waals surface area contributed by atoms with E-state index in [-0.39, 0.29) is 11.9 Å². The molecule has 0 aliphatic heterocycles. The van der Waals surface area contributed by atoms with Gasteiger partial charge in [-0.1, -0.05) is 23.8 Å². The van der Waals surface area contributed by atoms with Crippen molar-refractivity contribution in [1.82, 2.24) is 9.88 Å². The number of anilines is 1. The Morgan fingerprint density at radius 3 is 2.70 bits per heavy atom. The molecule has 0 aliphatic rings. The molecule has 27 heavy (non-hydrogen) atoms. The number of aromatic nitrogens is 1. The molecule has 1 heterocycles. The molecule has 140 valence electrons. The first kappa shape index (κ1) is 18.9. The number of nitrogens with one attached hydrogen (secondary N) is 1. The van der Waals surface area contributed by atoms with Gasteiger partial charge in [0.15, 0.2) is 0 Å². The summed E-state index contributed by atoms with van der Waals surface area (Å²) in [4.78, 5) is 19.0. The van der Waals surface area contributed by atoms with E-state index in [1.54, 1.807) is 6.20 Å². The third-order valence-corrected chi connectivity index (χ3v) is 4.68. The number of nitrogens with zero attached hydrogens (tertiary/aromatic N) is 2. The molecule has 1 aromatic heterocycles. The Morgan fingerprint density at radius 1 is 1.15 bits per heavy atom. The van der Waals surface area contributed by atoms with Crippen LogP contribution in [0.15, 0.2) is 60.8 Å². The second-order valence-electron chi connectivity index (χ2n) is 6.68. The fourth-order valence-corrected chi connectivity index (χ4v) is 2.79. The molecule has 0 bridgehead atoms. The van der Waals surface area contributed by atoms with Crippen LogP contribution in [0.3, 0.4) is 0 Å². The van der Waals surface area contributed by atoms with Crippen molar-refractivity contribution in [3.05, 3.63) is 66.4 Å². The maximum Gasteiger partial charge on any atom is 0.241 e. The van der Waals surface area contributed by atoms with Gasteiger partial charge in [0.2, 0.25) is 5.91 Å². The van der Waals surface area contributed by atoms with Gasteiger partial charge in [0.1, 0.15) is 12.4 Å². The quantitative estimate of drug-likeness (QED) is 0.692. The number of hydrogen-bond donors (Lipinski definition) is 1. The lowest BCUT2D eigenvalue weighted by Gasteiger charge is -2.24. The molecule has 0 spiro atoms. The van der Waals surface area contributed by atoms with Gasteiger partial charge in [0.25, 0.3) is 0 Å². The van der Waals surface area contributed by atoms with E-state index in [0.717, 1.165) is 22.3 Å². The fraction of sp³-hybridized carbons (Fsp3) is 0.273. The van der Waals surface area contributed by atoms with Crippen LogP contribution < -0.4 is 10.1 Å². The molecule has 2 aromatic carbocycles. The average molecular weight is 363 g/mol. The molecule has 3 rings (SSSR count). The fourth-order valence-electron chi connectivity index (χ4n) is 2.79. The molecule has 1 unspecified atom stereocenters. The van der Waals surface area contributed by atoms with Crippen LogP contribution in [0.4, 0.5) is 5.69 Å². The average Bonchev–Trinajstić information content (AvgIpc) is 2.69. The Bertz CT molecular complexity index is 904. The largest absolute Gasteiger partial charge is 0.492 e. The highest BCUT2D eigenvalue weighted by Crippen LogP contribution is 2.21. The summed E-state index contributed by atoms with van der Waals surface area (Å²) in [5, 5.41) is 3.95. The molecule has 1 N–H and O–H groups in total. The lowest BCUT2D eigenvalue weighted by molar-refractivity contribution is -0.120. The third-order valence-electron chi connectivity index (χ3n) is 4.68. The van der Waals surface area contributed by atoms with Gasteiger partial charge in [-0.25, -0.2) is 0 Å². The molecule has 0 saturated carbocycles. The molecule has 1 atom stereocenters. The lowest BCUT2D eigenvalue weighted by Crippen LogP contribution is -2.41. The first-order valence-electron chi connectivity index (χ1n) is 9.09. The number of fused-ring (bicyclic) bond motifs is 1. The van der Waals surface area contributed by atoms with Crippen molar-refractivity contribution >= 4 is 22.5 Å². The number of carbonyl (C=O) groups is 1. The van der Waals surface area contributed by atoms with E-state index in [2.05, 4.69) is 10.3 Å². The number of rotatable bonds is 7. The number of hydrogen-bond acceptors (Lipinski definition) is 4. The molecule has 0 fully saturated rings. The highest BCUT2D eigenvalue weighted by molar-refractivity contribution is 6.02. The molecule has 0 aliphatic carbocycles. The van der Waals surface area contributed by atoms with Crippen LogP contribution in [0.1, 0.15) is 12.5 Å². The number of amides is 1. The van der Waals surface area contributed by atoms with Gasteiger partial charge < -0.3 is 10.1 Å². The summed E-state index contributed by atoms with van der Waals surface area (Å²) in [7, 11) is 1.92. The Labute approximate surface area is 160 Å². The highest BCUT2D eigenvalue weighted by atomic mass is 16.5. The van der Waals surface area contributed by atoms with Crippen LogP contribution >= 0.6 is 0 Å². The van der Waals surface area contributed by atoms with E-state index in [1.165, 1.54) is 5.56 Å². The molecule has 1 amide bonds. The Kier molecular flexibility index (Phi) is 6.04. The zero-order chi connectivity index (χ0) is 19.2. The number of pyridine rings is 1. The summed E-state index contributed by atoms with van der Waals surface area (Å²) in [6.07, 6.45) is 1.75. The summed E-state index contributed by atoms with van der Waals surface area (Å²) in [6, 6.07) is 17.2. The van der Waals surface area contributed by atoms with Crippen LogP contribution in [-0.4, -0.2) is 42.0 Å². The zero-order valence-corrected chi connectivity index (χ0v) is 16.0. The summed E-state index contributed by atoms with van der Waals surface area (Å²) < 4.78 is 5.76. The van der Waals surface area contributed by atoms with Crippen molar-refractivity contribution in [2.45, 2.75) is 19.9 Å². The molecule has 0 saturated heterocycles. The Hall–Kier alpha value is -2.92. The van der Waals surface area contributed by atoms with E-state index in [9.17, 15) is 4.79 Å². The second kappa shape index (κ2) is 8.64. The Balaban J connectivity index is 1.55. The first-order chi connectivity index (χ1) is 13.0. The molecule has 5 nitrogen and oxygen atoms in total. The smallest absolute Gasteiger partial charge is 0.241 e. The summed E-state index contributed by atoms with van der Waals surface area (Å²) in [5.41, 5.74) is 2.85. The van der Waals surface area contributed by atoms with Crippen LogP contribution in [0, 0.1) is 6.92 Å². The maximum atomic E-state index is 12.7. The van der Waals surface area contributed by atoms with E-state index < -0.39 is 0 Å². The standard InChI is InChI=1S/C22H25N3O2/c1-16-9-11-18(12-10-16)27-15-14-25(3)17(2)22(26)24-21-8-4-7-20-19(21)6-5-13-23-20/h4-13,17H,14-15H2,1-3H3,(H,24,26). The molecule has 5 heteroatoms. The second-order valence-corrected chi connectivity index (χ2v) is 6.68. The van der Waals surface area contributed by atoms with Crippen molar-refractivity contribution in [3.8, 4) is 5.75 Å². The molecular weight excluding hydrogens is 338 g/mol. The van der Waals surface area contributed by atoms with Gasteiger partial charge >= 0.3 is 0 Å². The first-order valence-corrected chi connectivity index (χ1v) is 9.09. The number of aryl methyl sites for hydroxylation is 1. The van der Waals surface area contributed by atoms with E-state index in [4.69, 9.17) is 4.74 Å². The number of ether oxygens (including phenoxy) is 1. The van der Waals surface area contributed by atoms with Crippen molar-refractivity contribution < 1.29 is 9.53 Å². The number of carbonyl (C=O) groups excluding carboxylic acids is 1. The Morgan fingerprint density at radius 2 is 1.93 bits per heavy atom. The van der Waals surface area contributed by atoms with Crippen LogP contribution in [-0.2, 0) is 4.79 Å². The van der Waals surface area contributed by atoms with E-state index >= 15 is 0 Å². The van der Waals surface area contributed by atoms with Crippen LogP contribution in [0.5, 0.6) is 5.75 Å². The molecule has 3 aromatic rings. The minimum Gasteiger partial charge on any atom is -0.492 e. The third kappa shape index (κ3) is 4.83. The van der Waals surface area contributed by atoms with E-state index in [0.29, 0.717) is 13.2 Å². The van der Waals surface area contributed by atoms with Gasteiger partial charge in [-0.15, -0.1) is 0 Å². The predicted octanol–water partition coefficient (Wildman–Crippen LogP) is 3.88. The van der Waals surface area contributed by atoms with Gasteiger partial charge in [-0.3, -0.25) is 14.7 Å². The topological polar surface area (TPSA) is 54.5 Å². The number of benzene rings is 2. The maximum absolute atomic E-state index is 12.7. The van der Waals surface area contributed by atoms with Crippen molar-refractivity contribution in [2.75, 3.05) is 25.5 Å². The summed E-state index contributed by atoms with van der Waals surface area (Å²) >= 11 is 0. The normalized spacial score (nSPS) is 12.1. The van der Waals surface area contributed by atoms with Crippen molar-refractivity contribution in [2.24, 2.45) is 0 Å². The molecular formula is C22H25N3O2. The van der Waals surface area contributed by atoms with E-state index in [1.807, 2.05) is 80.4 Å². The van der Waals surface area contributed by atoms with Crippen LogP contribution in [0.25, 0.3) is 10.9 Å². The summed E-state index contributed by atoms with van der Waals surface area (Å²) in [6.45, 7) is 5.11. The van der Waals surface area contributed by atoms with Crippen molar-refractivity contribution in [3.63, 3.8) is 0 Å². The monoisotopic (exact) mass is 363 g/mol. The predicted molar refractivity (Wildman–Crippen MR) is 109 cm³/mol. The summed E-state index contributed by atoms with van der Waals surface area (Å²) in [5.74, 6) is 0.790.